The van der Waals surface area contributed by atoms with Crippen LogP contribution in [0, 0.1) is 17.1 Å². The summed E-state index contributed by atoms with van der Waals surface area (Å²) >= 11 is 0. The molecule has 11 heteroatoms. The second kappa shape index (κ2) is 9.68. The van der Waals surface area contributed by atoms with Crippen LogP contribution in [0.2, 0.25) is 0 Å². The minimum atomic E-state index is -0.559. The number of nitrogens with zero attached hydrogens (tertiary/aromatic N) is 7. The summed E-state index contributed by atoms with van der Waals surface area (Å²) in [6, 6.07) is 6.58. The Bertz CT molecular complexity index is 1150. The quantitative estimate of drug-likeness (QED) is 0.563. The molecule has 0 atom stereocenters. The number of nitriles is 1. The maximum Gasteiger partial charge on any atom is 0.410 e. The van der Waals surface area contributed by atoms with Gasteiger partial charge in [-0.05, 0) is 38.8 Å². The summed E-state index contributed by atoms with van der Waals surface area (Å²) in [5, 5.41) is 22.0. The molecule has 1 aliphatic rings. The highest BCUT2D eigenvalue weighted by molar-refractivity contribution is 5.67. The molecule has 0 radical (unpaired) electrons. The lowest BCUT2D eigenvalue weighted by atomic mass is 10.1. The third kappa shape index (κ3) is 4.95. The highest BCUT2D eigenvalue weighted by Crippen LogP contribution is 2.26. The molecule has 3 aromatic rings. The minimum Gasteiger partial charge on any atom is -0.486 e. The first-order chi connectivity index (χ1) is 16.0. The number of carbonyl (C=O) groups excluding carboxylic acids is 1. The zero-order valence-corrected chi connectivity index (χ0v) is 18.4. The lowest BCUT2D eigenvalue weighted by molar-refractivity contribution is 0.0652. The van der Waals surface area contributed by atoms with E-state index in [-0.39, 0.29) is 30.6 Å². The summed E-state index contributed by atoms with van der Waals surface area (Å²) in [5.41, 5.74) is 1.41. The molecule has 1 fully saturated rings. The average molecular weight is 453 g/mol. The Morgan fingerprint density at radius 1 is 1.24 bits per heavy atom. The first kappa shape index (κ1) is 22.3. The number of hydrogen-bond donors (Lipinski definition) is 0. The molecular weight excluding hydrogens is 429 g/mol. The molecule has 10 nitrogen and oxygen atoms in total. The largest absolute Gasteiger partial charge is 0.486 e. The van der Waals surface area contributed by atoms with E-state index in [2.05, 4.69) is 21.4 Å². The van der Waals surface area contributed by atoms with Gasteiger partial charge in [-0.25, -0.2) is 9.18 Å². The van der Waals surface area contributed by atoms with Crippen molar-refractivity contribution in [1.29, 1.82) is 5.26 Å². The van der Waals surface area contributed by atoms with Gasteiger partial charge in [0.1, 0.15) is 18.4 Å². The van der Waals surface area contributed by atoms with E-state index in [0.29, 0.717) is 42.9 Å². The van der Waals surface area contributed by atoms with Gasteiger partial charge in [-0.3, -0.25) is 4.68 Å². The van der Waals surface area contributed by atoms with Crippen molar-refractivity contribution in [2.24, 2.45) is 0 Å². The van der Waals surface area contributed by atoms with Crippen LogP contribution in [0.4, 0.5) is 9.18 Å². The lowest BCUT2D eigenvalue weighted by Crippen LogP contribution is -2.40. The van der Waals surface area contributed by atoms with Gasteiger partial charge in [0.15, 0.2) is 11.6 Å². The van der Waals surface area contributed by atoms with E-state index >= 15 is 0 Å². The molecule has 0 saturated carbocycles. The van der Waals surface area contributed by atoms with Crippen LogP contribution in [-0.2, 0) is 11.3 Å². The second-order valence-corrected chi connectivity index (χ2v) is 7.95. The Labute approximate surface area is 190 Å². The Balaban J connectivity index is 1.40. The van der Waals surface area contributed by atoms with E-state index in [9.17, 15) is 14.4 Å². The summed E-state index contributed by atoms with van der Waals surface area (Å²) in [6.07, 6.45) is 5.39. The molecule has 1 aromatic carbocycles. The van der Waals surface area contributed by atoms with Gasteiger partial charge >= 0.3 is 6.09 Å². The molecule has 0 aliphatic carbocycles. The minimum absolute atomic E-state index is 0.00125. The van der Waals surface area contributed by atoms with Crippen molar-refractivity contribution in [1.82, 2.24) is 29.7 Å². The fourth-order valence-corrected chi connectivity index (χ4v) is 3.71. The predicted molar refractivity (Wildman–Crippen MR) is 114 cm³/mol. The Morgan fingerprint density at radius 3 is 2.61 bits per heavy atom. The number of aromatic nitrogens is 5. The van der Waals surface area contributed by atoms with Crippen LogP contribution in [0.3, 0.4) is 0 Å². The standard InChI is InChI=1S/C22H24FN7O3/c1-15(2)33-22(31)28-9-5-17(6-10-28)29-20(12-24)16(13-27-29)14-32-21-4-3-18(11-19(21)23)30-25-7-8-26-30/h3-4,7-8,11,13,15,17H,5-6,9-10,14H2,1-2H3. The van der Waals surface area contributed by atoms with Gasteiger partial charge in [-0.15, -0.1) is 0 Å². The SMILES string of the molecule is CC(C)OC(=O)N1CCC(n2ncc(COc3ccc(-n4nccn4)cc3F)c2C#N)CC1. The molecule has 1 amide bonds. The molecule has 0 N–H and O–H groups in total. The normalized spacial score (nSPS) is 14.3. The summed E-state index contributed by atoms with van der Waals surface area (Å²) in [4.78, 5) is 15.1. The van der Waals surface area contributed by atoms with E-state index in [1.807, 2.05) is 13.8 Å². The zero-order chi connectivity index (χ0) is 23.4. The van der Waals surface area contributed by atoms with Gasteiger partial charge in [0.05, 0.1) is 36.4 Å². The van der Waals surface area contributed by atoms with Crippen molar-refractivity contribution in [3.05, 3.63) is 53.9 Å². The molecule has 1 aliphatic heterocycles. The third-order valence-electron chi connectivity index (χ3n) is 5.33. The summed E-state index contributed by atoms with van der Waals surface area (Å²) in [5.74, 6) is -0.504. The molecule has 0 spiro atoms. The Morgan fingerprint density at radius 2 is 1.97 bits per heavy atom. The van der Waals surface area contributed by atoms with Crippen molar-refractivity contribution in [2.75, 3.05) is 13.1 Å². The van der Waals surface area contributed by atoms with Gasteiger partial charge in [0, 0.05) is 24.7 Å². The molecule has 1 saturated heterocycles. The third-order valence-corrected chi connectivity index (χ3v) is 5.33. The van der Waals surface area contributed by atoms with E-state index in [1.54, 1.807) is 21.8 Å². The fourth-order valence-electron chi connectivity index (χ4n) is 3.71. The molecule has 172 valence electrons. The molecule has 3 heterocycles. The van der Waals surface area contributed by atoms with Crippen molar-refractivity contribution < 1.29 is 18.7 Å². The van der Waals surface area contributed by atoms with Crippen molar-refractivity contribution >= 4 is 6.09 Å². The number of halogens is 1. The first-order valence-electron chi connectivity index (χ1n) is 10.7. The summed E-state index contributed by atoms with van der Waals surface area (Å²) in [6.45, 7) is 4.67. The van der Waals surface area contributed by atoms with E-state index in [4.69, 9.17) is 9.47 Å². The molecule has 2 aromatic heterocycles. The van der Waals surface area contributed by atoms with Crippen LogP contribution in [-0.4, -0.2) is 55.0 Å². The number of carbonyl (C=O) groups is 1. The predicted octanol–water partition coefficient (Wildman–Crippen LogP) is 3.24. The zero-order valence-electron chi connectivity index (χ0n) is 18.4. The van der Waals surface area contributed by atoms with Gasteiger partial charge in [0.2, 0.25) is 0 Å². The number of amides is 1. The Hall–Kier alpha value is -3.94. The highest BCUT2D eigenvalue weighted by Gasteiger charge is 2.28. The van der Waals surface area contributed by atoms with E-state index in [0.717, 1.165) is 0 Å². The summed E-state index contributed by atoms with van der Waals surface area (Å²) < 4.78 is 27.0. The monoisotopic (exact) mass is 453 g/mol. The van der Waals surface area contributed by atoms with Gasteiger partial charge in [-0.2, -0.15) is 25.4 Å². The van der Waals surface area contributed by atoms with E-state index < -0.39 is 5.82 Å². The topological polar surface area (TPSA) is 111 Å². The maximum absolute atomic E-state index is 14.5. The number of ether oxygens (including phenoxy) is 2. The van der Waals surface area contributed by atoms with Gasteiger partial charge in [0.25, 0.3) is 0 Å². The molecular formula is C22H24FN7O3. The fraction of sp³-hybridized carbons (Fsp3) is 0.409. The summed E-state index contributed by atoms with van der Waals surface area (Å²) in [7, 11) is 0. The van der Waals surface area contributed by atoms with Crippen molar-refractivity contribution in [3.63, 3.8) is 0 Å². The molecule has 0 unspecified atom stereocenters. The van der Waals surface area contributed by atoms with Crippen molar-refractivity contribution in [2.45, 2.75) is 45.4 Å². The molecule has 33 heavy (non-hydrogen) atoms. The van der Waals surface area contributed by atoms with Crippen LogP contribution in [0.15, 0.2) is 36.8 Å². The molecule has 4 rings (SSSR count). The smallest absolute Gasteiger partial charge is 0.410 e. The second-order valence-electron chi connectivity index (χ2n) is 7.95. The first-order valence-corrected chi connectivity index (χ1v) is 10.7. The highest BCUT2D eigenvalue weighted by atomic mass is 19.1. The Kier molecular flexibility index (Phi) is 6.53. The number of piperidine rings is 1. The lowest BCUT2D eigenvalue weighted by Gasteiger charge is -2.32. The van der Waals surface area contributed by atoms with Crippen LogP contribution in [0.1, 0.15) is 44.0 Å². The number of benzene rings is 1. The van der Waals surface area contributed by atoms with Crippen molar-refractivity contribution in [3.8, 4) is 17.5 Å². The average Bonchev–Trinajstić information content (AvgIpc) is 3.48. The number of likely N-dealkylation sites (tertiary alicyclic amines) is 1. The van der Waals surface area contributed by atoms with E-state index in [1.165, 1.54) is 29.3 Å². The van der Waals surface area contributed by atoms with Crippen LogP contribution in [0.25, 0.3) is 5.69 Å². The maximum atomic E-state index is 14.5. The number of hydrogen-bond acceptors (Lipinski definition) is 7. The number of rotatable bonds is 6. The molecule has 0 bridgehead atoms. The van der Waals surface area contributed by atoms with Crippen LogP contribution in [0.5, 0.6) is 5.75 Å². The van der Waals surface area contributed by atoms with Crippen LogP contribution >= 0.6 is 0 Å². The van der Waals surface area contributed by atoms with Gasteiger partial charge < -0.3 is 14.4 Å². The van der Waals surface area contributed by atoms with Crippen LogP contribution < -0.4 is 4.74 Å². The van der Waals surface area contributed by atoms with Gasteiger partial charge in [-0.1, -0.05) is 0 Å².